The number of carbonyl (C=O) groups is 1. The molecule has 3 aromatic rings. The van der Waals surface area contributed by atoms with E-state index in [9.17, 15) is 9.90 Å². The Morgan fingerprint density at radius 2 is 2.04 bits per heavy atom. The minimum absolute atomic E-state index is 0.132. The molecular formula is C18H14ClN3O3. The lowest BCUT2D eigenvalue weighted by molar-refractivity contribution is -0.116. The van der Waals surface area contributed by atoms with E-state index in [4.69, 9.17) is 16.1 Å². The third kappa shape index (κ3) is 2.85. The van der Waals surface area contributed by atoms with E-state index in [2.05, 4.69) is 15.5 Å². The molecule has 0 aliphatic carbocycles. The first-order chi connectivity index (χ1) is 12.0. The zero-order chi connectivity index (χ0) is 17.6. The highest BCUT2D eigenvalue weighted by Crippen LogP contribution is 2.39. The van der Waals surface area contributed by atoms with Crippen LogP contribution in [0.4, 0.5) is 5.69 Å². The minimum Gasteiger partial charge on any atom is -0.508 e. The number of aromatic hydroxyl groups is 1. The molecule has 1 aliphatic heterocycles. The van der Waals surface area contributed by atoms with Crippen LogP contribution in [0.5, 0.6) is 5.75 Å². The van der Waals surface area contributed by atoms with Crippen molar-refractivity contribution in [3.63, 3.8) is 0 Å². The summed E-state index contributed by atoms with van der Waals surface area (Å²) in [6.45, 7) is 1.80. The fourth-order valence-electron chi connectivity index (χ4n) is 2.93. The van der Waals surface area contributed by atoms with Crippen molar-refractivity contribution in [1.82, 2.24) is 10.1 Å². The number of hydrogen-bond donors (Lipinski definition) is 2. The van der Waals surface area contributed by atoms with Gasteiger partial charge in [-0.05, 0) is 48.4 Å². The number of hydrogen-bond acceptors (Lipinski definition) is 5. The van der Waals surface area contributed by atoms with Gasteiger partial charge in [0.1, 0.15) is 5.75 Å². The number of carbonyl (C=O) groups excluding carboxylic acids is 1. The van der Waals surface area contributed by atoms with Gasteiger partial charge in [0, 0.05) is 28.8 Å². The summed E-state index contributed by atoms with van der Waals surface area (Å²) in [4.78, 5) is 16.5. The van der Waals surface area contributed by atoms with Crippen LogP contribution >= 0.6 is 11.6 Å². The molecule has 2 N–H and O–H groups in total. The van der Waals surface area contributed by atoms with Gasteiger partial charge in [0.25, 0.3) is 0 Å². The maximum absolute atomic E-state index is 12.0. The number of fused-ring (bicyclic) bond motifs is 1. The molecule has 0 saturated heterocycles. The highest BCUT2D eigenvalue weighted by atomic mass is 35.5. The first-order valence-electron chi connectivity index (χ1n) is 7.74. The third-order valence-electron chi connectivity index (χ3n) is 4.25. The maximum Gasteiger partial charge on any atom is 0.235 e. The topological polar surface area (TPSA) is 88.2 Å². The van der Waals surface area contributed by atoms with E-state index in [1.54, 1.807) is 37.3 Å². The molecule has 126 valence electrons. The molecule has 2 aromatic carbocycles. The molecule has 1 atom stereocenters. The van der Waals surface area contributed by atoms with Gasteiger partial charge in [-0.2, -0.15) is 4.98 Å². The number of rotatable bonds is 2. The summed E-state index contributed by atoms with van der Waals surface area (Å²) in [6, 6.07) is 10.5. The van der Waals surface area contributed by atoms with Crippen LogP contribution < -0.4 is 5.32 Å². The molecule has 4 rings (SSSR count). The molecule has 1 aromatic heterocycles. The van der Waals surface area contributed by atoms with E-state index in [0.717, 1.165) is 16.7 Å². The highest BCUT2D eigenvalue weighted by molar-refractivity contribution is 6.30. The van der Waals surface area contributed by atoms with E-state index < -0.39 is 0 Å². The lowest BCUT2D eigenvalue weighted by Gasteiger charge is -2.23. The smallest absolute Gasteiger partial charge is 0.235 e. The quantitative estimate of drug-likeness (QED) is 0.728. The Morgan fingerprint density at radius 1 is 1.28 bits per heavy atom. The molecular weight excluding hydrogens is 342 g/mol. The van der Waals surface area contributed by atoms with Crippen molar-refractivity contribution in [1.29, 1.82) is 0 Å². The maximum atomic E-state index is 12.0. The predicted molar refractivity (Wildman–Crippen MR) is 92.7 cm³/mol. The molecule has 1 unspecified atom stereocenters. The first-order valence-corrected chi connectivity index (χ1v) is 8.12. The summed E-state index contributed by atoms with van der Waals surface area (Å²) in [7, 11) is 0. The second-order valence-corrected chi connectivity index (χ2v) is 6.43. The van der Waals surface area contributed by atoms with Crippen molar-refractivity contribution in [2.45, 2.75) is 19.3 Å². The molecule has 0 fully saturated rings. The Kier molecular flexibility index (Phi) is 3.69. The number of amides is 1. The number of benzene rings is 2. The van der Waals surface area contributed by atoms with Crippen molar-refractivity contribution >= 4 is 23.2 Å². The second kappa shape index (κ2) is 5.89. The Bertz CT molecular complexity index is 966. The van der Waals surface area contributed by atoms with Crippen LogP contribution in [0.3, 0.4) is 0 Å². The second-order valence-electron chi connectivity index (χ2n) is 5.99. The summed E-state index contributed by atoms with van der Waals surface area (Å²) in [5.74, 6) is 0.427. The van der Waals surface area contributed by atoms with Crippen LogP contribution in [-0.2, 0) is 4.79 Å². The average Bonchev–Trinajstić information content (AvgIpc) is 3.06. The summed E-state index contributed by atoms with van der Waals surface area (Å²) in [5.41, 5.74) is 2.91. The van der Waals surface area contributed by atoms with E-state index in [1.165, 1.54) is 0 Å². The Morgan fingerprint density at radius 3 is 2.80 bits per heavy atom. The predicted octanol–water partition coefficient (Wildman–Crippen LogP) is 3.88. The standard InChI is InChI=1S/C18H14ClN3O3/c1-9-6-12-13(7-16(24)20-14(12)8-15(9)23)18-21-17(22-25-18)10-2-4-11(19)5-3-10/h2-6,8,13,23H,7H2,1H3,(H,20,24). The van der Waals surface area contributed by atoms with Gasteiger partial charge in [-0.3, -0.25) is 4.79 Å². The summed E-state index contributed by atoms with van der Waals surface area (Å²) in [6.07, 6.45) is 0.208. The van der Waals surface area contributed by atoms with Crippen molar-refractivity contribution in [2.75, 3.05) is 5.32 Å². The van der Waals surface area contributed by atoms with Crippen molar-refractivity contribution in [2.24, 2.45) is 0 Å². The number of phenols is 1. The van der Waals surface area contributed by atoms with Gasteiger partial charge in [-0.25, -0.2) is 0 Å². The molecule has 1 amide bonds. The molecule has 2 heterocycles. The fourth-order valence-corrected chi connectivity index (χ4v) is 3.05. The minimum atomic E-state index is -0.350. The number of halogens is 1. The van der Waals surface area contributed by atoms with Gasteiger partial charge in [0.2, 0.25) is 17.6 Å². The molecule has 1 aliphatic rings. The number of nitrogens with one attached hydrogen (secondary N) is 1. The van der Waals surface area contributed by atoms with Gasteiger partial charge in [-0.1, -0.05) is 16.8 Å². The monoisotopic (exact) mass is 355 g/mol. The SMILES string of the molecule is Cc1cc2c(cc1O)NC(=O)CC2c1nc(-c2ccc(Cl)cc2)no1. The lowest BCUT2D eigenvalue weighted by Crippen LogP contribution is -2.23. The molecule has 6 nitrogen and oxygen atoms in total. The van der Waals surface area contributed by atoms with Crippen molar-refractivity contribution in [3.8, 4) is 17.1 Å². The van der Waals surface area contributed by atoms with E-state index in [1.807, 2.05) is 6.07 Å². The van der Waals surface area contributed by atoms with Crippen LogP contribution in [0.25, 0.3) is 11.4 Å². The summed E-state index contributed by atoms with van der Waals surface area (Å²) >= 11 is 5.90. The van der Waals surface area contributed by atoms with Crippen LogP contribution in [0, 0.1) is 6.92 Å². The molecule has 0 saturated carbocycles. The fraction of sp³-hybridized carbons (Fsp3) is 0.167. The normalized spacial score (nSPS) is 16.4. The molecule has 25 heavy (non-hydrogen) atoms. The zero-order valence-corrected chi connectivity index (χ0v) is 14.0. The van der Waals surface area contributed by atoms with E-state index >= 15 is 0 Å². The summed E-state index contributed by atoms with van der Waals surface area (Å²) < 4.78 is 5.43. The third-order valence-corrected chi connectivity index (χ3v) is 4.50. The lowest BCUT2D eigenvalue weighted by atomic mass is 9.89. The van der Waals surface area contributed by atoms with Gasteiger partial charge in [-0.15, -0.1) is 0 Å². The van der Waals surface area contributed by atoms with Gasteiger partial charge >= 0.3 is 0 Å². The van der Waals surface area contributed by atoms with Gasteiger partial charge < -0.3 is 14.9 Å². The molecule has 0 spiro atoms. The molecule has 0 radical (unpaired) electrons. The zero-order valence-electron chi connectivity index (χ0n) is 13.3. The van der Waals surface area contributed by atoms with Crippen molar-refractivity contribution < 1.29 is 14.4 Å². The van der Waals surface area contributed by atoms with E-state index in [0.29, 0.717) is 22.4 Å². The Hall–Kier alpha value is -2.86. The molecule has 0 bridgehead atoms. The van der Waals surface area contributed by atoms with Crippen LogP contribution in [0.2, 0.25) is 5.02 Å². The Balaban J connectivity index is 1.75. The number of phenolic OH excluding ortho intramolecular Hbond substituents is 1. The highest BCUT2D eigenvalue weighted by Gasteiger charge is 2.31. The number of anilines is 1. The number of aryl methyl sites for hydroxylation is 1. The first kappa shape index (κ1) is 15.7. The van der Waals surface area contributed by atoms with Crippen LogP contribution in [0.15, 0.2) is 40.9 Å². The van der Waals surface area contributed by atoms with Crippen LogP contribution in [0.1, 0.15) is 29.4 Å². The van der Waals surface area contributed by atoms with E-state index in [-0.39, 0.29) is 24.0 Å². The molecule has 7 heteroatoms. The number of nitrogens with zero attached hydrogens (tertiary/aromatic N) is 2. The van der Waals surface area contributed by atoms with Crippen molar-refractivity contribution in [3.05, 3.63) is 58.4 Å². The van der Waals surface area contributed by atoms with Gasteiger partial charge in [0.05, 0.1) is 5.92 Å². The largest absolute Gasteiger partial charge is 0.508 e. The number of aromatic nitrogens is 2. The average molecular weight is 356 g/mol. The van der Waals surface area contributed by atoms with Gasteiger partial charge in [0.15, 0.2) is 0 Å². The summed E-state index contributed by atoms with van der Waals surface area (Å²) in [5, 5.41) is 17.3. The Labute approximate surface area is 148 Å². The van der Waals surface area contributed by atoms with Crippen LogP contribution in [-0.4, -0.2) is 21.2 Å².